The van der Waals surface area contributed by atoms with Crippen LogP contribution in [0, 0.1) is 5.82 Å². The van der Waals surface area contributed by atoms with Crippen LogP contribution in [0.5, 0.6) is 0 Å². The predicted molar refractivity (Wildman–Crippen MR) is 135 cm³/mol. The van der Waals surface area contributed by atoms with Gasteiger partial charge in [0.1, 0.15) is 22.8 Å². The molecule has 2 aliphatic heterocycles. The molecule has 0 amide bonds. The summed E-state index contributed by atoms with van der Waals surface area (Å²) < 4.78 is 21.4. The molecule has 2 aliphatic rings. The molecule has 180 valence electrons. The molecular formula is C26H28FN7O. The van der Waals surface area contributed by atoms with Gasteiger partial charge in [0.25, 0.3) is 0 Å². The van der Waals surface area contributed by atoms with Crippen LogP contribution in [0.4, 0.5) is 15.9 Å². The third-order valence-corrected chi connectivity index (χ3v) is 6.86. The summed E-state index contributed by atoms with van der Waals surface area (Å²) in [4.78, 5) is 14.1. The Kier molecular flexibility index (Phi) is 5.79. The van der Waals surface area contributed by atoms with E-state index >= 15 is 4.39 Å². The molecule has 5 heterocycles. The number of benzene rings is 1. The third-order valence-electron chi connectivity index (χ3n) is 6.86. The highest BCUT2D eigenvalue weighted by Crippen LogP contribution is 2.37. The van der Waals surface area contributed by atoms with Crippen molar-refractivity contribution in [3.05, 3.63) is 54.6 Å². The quantitative estimate of drug-likeness (QED) is 0.470. The van der Waals surface area contributed by atoms with E-state index in [0.717, 1.165) is 60.9 Å². The number of rotatable bonds is 4. The highest BCUT2D eigenvalue weighted by molar-refractivity contribution is 6.01. The number of aromatic amines is 1. The van der Waals surface area contributed by atoms with Crippen molar-refractivity contribution >= 4 is 22.4 Å². The number of piperazine rings is 1. The average molecular weight is 474 g/mol. The number of H-pyrrole nitrogens is 1. The Bertz CT molecular complexity index is 1340. The van der Waals surface area contributed by atoms with E-state index in [4.69, 9.17) is 9.72 Å². The zero-order valence-corrected chi connectivity index (χ0v) is 19.7. The van der Waals surface area contributed by atoms with Crippen molar-refractivity contribution in [3.8, 4) is 22.5 Å². The van der Waals surface area contributed by atoms with Crippen molar-refractivity contribution in [2.24, 2.45) is 0 Å². The lowest BCUT2D eigenvalue weighted by Crippen LogP contribution is -2.44. The maximum Gasteiger partial charge on any atom is 0.133 e. The lowest BCUT2D eigenvalue weighted by Gasteiger charge is -2.34. The first kappa shape index (κ1) is 21.9. The summed E-state index contributed by atoms with van der Waals surface area (Å²) in [7, 11) is 0. The predicted octanol–water partition coefficient (Wildman–Crippen LogP) is 3.46. The minimum Gasteiger partial charge on any atom is -0.377 e. The van der Waals surface area contributed by atoms with E-state index < -0.39 is 0 Å². The molecule has 1 aromatic carbocycles. The smallest absolute Gasteiger partial charge is 0.133 e. The molecule has 0 spiro atoms. The van der Waals surface area contributed by atoms with Crippen LogP contribution in [0.3, 0.4) is 0 Å². The second-order valence-corrected chi connectivity index (χ2v) is 9.07. The molecule has 2 fully saturated rings. The van der Waals surface area contributed by atoms with Crippen LogP contribution in [0.1, 0.15) is 6.92 Å². The van der Waals surface area contributed by atoms with E-state index in [1.807, 2.05) is 30.3 Å². The molecule has 3 aromatic heterocycles. The van der Waals surface area contributed by atoms with Gasteiger partial charge in [-0.25, -0.2) is 9.37 Å². The lowest BCUT2D eigenvalue weighted by molar-refractivity contribution is 0.0986. The average Bonchev–Trinajstić information content (AvgIpc) is 3.43. The van der Waals surface area contributed by atoms with Gasteiger partial charge in [-0.2, -0.15) is 5.10 Å². The SMILES string of the molecule is CC1COCCN1c1cc(-c2ccc(N3CCNCC3)cc2F)c2ccnc(-c3ccn[nH]3)c2n1. The number of hydrogen-bond acceptors (Lipinski definition) is 7. The molecule has 6 rings (SSSR count). The van der Waals surface area contributed by atoms with Gasteiger partial charge in [-0.05, 0) is 48.9 Å². The first-order chi connectivity index (χ1) is 17.2. The zero-order chi connectivity index (χ0) is 23.8. The molecule has 2 N–H and O–H groups in total. The van der Waals surface area contributed by atoms with Gasteiger partial charge in [-0.3, -0.25) is 10.1 Å². The van der Waals surface area contributed by atoms with Crippen molar-refractivity contribution in [1.82, 2.24) is 25.5 Å². The Hall–Kier alpha value is -3.56. The minimum absolute atomic E-state index is 0.161. The van der Waals surface area contributed by atoms with Gasteiger partial charge in [0.15, 0.2) is 0 Å². The molecular weight excluding hydrogens is 445 g/mol. The van der Waals surface area contributed by atoms with Crippen molar-refractivity contribution < 1.29 is 9.13 Å². The molecule has 35 heavy (non-hydrogen) atoms. The largest absolute Gasteiger partial charge is 0.377 e. The van der Waals surface area contributed by atoms with Crippen LogP contribution in [0.2, 0.25) is 0 Å². The van der Waals surface area contributed by atoms with Crippen molar-refractivity contribution in [3.63, 3.8) is 0 Å². The standard InChI is InChI=1S/C26H28FN7O/c1-17-16-35-13-12-34(17)24-15-21(19-3-2-18(14-22(19)27)33-10-8-28-9-11-33)20-4-6-29-26(25(20)31-24)23-5-7-30-32-23/h2-7,14-15,17,28H,8-13,16H2,1H3,(H,30,32). The Morgan fingerprint density at radius 2 is 1.91 bits per heavy atom. The van der Waals surface area contributed by atoms with Gasteiger partial charge >= 0.3 is 0 Å². The highest BCUT2D eigenvalue weighted by atomic mass is 19.1. The van der Waals surface area contributed by atoms with E-state index in [1.54, 1.807) is 18.5 Å². The molecule has 2 saturated heterocycles. The van der Waals surface area contributed by atoms with Crippen LogP contribution in [0.15, 0.2) is 48.8 Å². The van der Waals surface area contributed by atoms with E-state index in [9.17, 15) is 0 Å². The number of ether oxygens (including phenoxy) is 1. The monoisotopic (exact) mass is 473 g/mol. The maximum absolute atomic E-state index is 15.7. The summed E-state index contributed by atoms with van der Waals surface area (Å²) in [6, 6.07) is 11.5. The van der Waals surface area contributed by atoms with E-state index in [0.29, 0.717) is 30.0 Å². The van der Waals surface area contributed by atoms with Gasteiger partial charge in [0.2, 0.25) is 0 Å². The van der Waals surface area contributed by atoms with Gasteiger partial charge in [0, 0.05) is 61.8 Å². The number of morpholine rings is 1. The molecule has 9 heteroatoms. The van der Waals surface area contributed by atoms with E-state index in [1.165, 1.54) is 0 Å². The van der Waals surface area contributed by atoms with Gasteiger partial charge in [-0.15, -0.1) is 0 Å². The molecule has 0 bridgehead atoms. The third kappa shape index (κ3) is 4.11. The van der Waals surface area contributed by atoms with Crippen molar-refractivity contribution in [1.29, 1.82) is 0 Å². The van der Waals surface area contributed by atoms with Gasteiger partial charge < -0.3 is 19.9 Å². The first-order valence-electron chi connectivity index (χ1n) is 12.1. The maximum atomic E-state index is 15.7. The van der Waals surface area contributed by atoms with Crippen LogP contribution in [-0.2, 0) is 4.74 Å². The molecule has 8 nitrogen and oxygen atoms in total. The lowest BCUT2D eigenvalue weighted by atomic mass is 9.99. The van der Waals surface area contributed by atoms with Crippen LogP contribution in [0.25, 0.3) is 33.4 Å². The normalized spacial score (nSPS) is 18.9. The number of pyridine rings is 2. The second kappa shape index (κ2) is 9.24. The van der Waals surface area contributed by atoms with Gasteiger partial charge in [0.05, 0.1) is 24.9 Å². The summed E-state index contributed by atoms with van der Waals surface area (Å²) in [5.41, 5.74) is 4.45. The van der Waals surface area contributed by atoms with E-state index in [-0.39, 0.29) is 11.9 Å². The van der Waals surface area contributed by atoms with Crippen LogP contribution < -0.4 is 15.1 Å². The van der Waals surface area contributed by atoms with Crippen molar-refractivity contribution in [2.45, 2.75) is 13.0 Å². The minimum atomic E-state index is -0.241. The first-order valence-corrected chi connectivity index (χ1v) is 12.1. The number of anilines is 2. The molecule has 1 unspecified atom stereocenters. The number of nitrogens with zero attached hydrogens (tertiary/aromatic N) is 5. The Labute approximate surface area is 203 Å². The molecule has 0 saturated carbocycles. The number of aromatic nitrogens is 4. The molecule has 0 radical (unpaired) electrons. The number of fused-ring (bicyclic) bond motifs is 1. The fourth-order valence-electron chi connectivity index (χ4n) is 5.00. The summed E-state index contributed by atoms with van der Waals surface area (Å²) in [6.45, 7) is 7.66. The molecule has 1 atom stereocenters. The molecule has 0 aliphatic carbocycles. The fourth-order valence-corrected chi connectivity index (χ4v) is 5.00. The Balaban J connectivity index is 1.52. The fraction of sp³-hybridized carbons (Fsp3) is 0.346. The topological polar surface area (TPSA) is 82.2 Å². The number of hydrogen-bond donors (Lipinski definition) is 2. The number of halogens is 1. The van der Waals surface area contributed by atoms with Crippen LogP contribution in [-0.4, -0.2) is 72.1 Å². The number of nitrogens with one attached hydrogen (secondary N) is 2. The summed E-state index contributed by atoms with van der Waals surface area (Å²) in [5.74, 6) is 0.553. The molecule has 4 aromatic rings. The summed E-state index contributed by atoms with van der Waals surface area (Å²) in [6.07, 6.45) is 3.44. The zero-order valence-electron chi connectivity index (χ0n) is 19.7. The van der Waals surface area contributed by atoms with Crippen LogP contribution >= 0.6 is 0 Å². The summed E-state index contributed by atoms with van der Waals surface area (Å²) in [5, 5.41) is 11.3. The summed E-state index contributed by atoms with van der Waals surface area (Å²) >= 11 is 0. The van der Waals surface area contributed by atoms with Gasteiger partial charge in [-0.1, -0.05) is 0 Å². The van der Waals surface area contributed by atoms with E-state index in [2.05, 4.69) is 37.2 Å². The Morgan fingerprint density at radius 3 is 2.69 bits per heavy atom. The Morgan fingerprint density at radius 1 is 1.03 bits per heavy atom. The second-order valence-electron chi connectivity index (χ2n) is 9.07. The highest BCUT2D eigenvalue weighted by Gasteiger charge is 2.24. The van der Waals surface area contributed by atoms with Crippen molar-refractivity contribution in [2.75, 3.05) is 55.7 Å².